The molecule has 1 aliphatic rings. The van der Waals surface area contributed by atoms with E-state index >= 15 is 0 Å². The van der Waals surface area contributed by atoms with Crippen LogP contribution < -0.4 is 4.90 Å². The molecular formula is C16H21NO4. The third kappa shape index (κ3) is 3.35. The lowest BCUT2D eigenvalue weighted by molar-refractivity contribution is -0.137. The lowest BCUT2D eigenvalue weighted by Crippen LogP contribution is -2.42. The zero-order valence-electron chi connectivity index (χ0n) is 12.4. The number of aliphatic carboxylic acids is 1. The lowest BCUT2D eigenvalue weighted by Gasteiger charge is -2.31. The summed E-state index contributed by atoms with van der Waals surface area (Å²) in [6.45, 7) is 3.74. The minimum atomic E-state index is -1.05. The summed E-state index contributed by atoms with van der Waals surface area (Å²) in [7, 11) is 0. The Kier molecular flexibility index (Phi) is 4.21. The Balaban J connectivity index is 2.29. The minimum absolute atomic E-state index is 0.0858. The van der Waals surface area contributed by atoms with E-state index in [-0.39, 0.29) is 29.5 Å². The Morgan fingerprint density at radius 3 is 2.38 bits per heavy atom. The van der Waals surface area contributed by atoms with Gasteiger partial charge in [-0.1, -0.05) is 20.3 Å². The van der Waals surface area contributed by atoms with E-state index in [0.717, 1.165) is 19.3 Å². The number of phenolic OH excluding ortho intramolecular Hbond substituents is 1. The Morgan fingerprint density at radius 2 is 1.90 bits per heavy atom. The van der Waals surface area contributed by atoms with Gasteiger partial charge in [-0.25, -0.2) is 0 Å². The number of carbonyl (C=O) groups is 2. The second-order valence-electron chi connectivity index (χ2n) is 6.27. The number of carboxylic acid groups (broad SMARTS) is 1. The van der Waals surface area contributed by atoms with E-state index in [1.165, 1.54) is 17.0 Å². The van der Waals surface area contributed by atoms with Gasteiger partial charge < -0.3 is 15.1 Å². The molecule has 1 atom stereocenters. The van der Waals surface area contributed by atoms with Crippen molar-refractivity contribution in [2.75, 3.05) is 11.4 Å². The SMILES string of the molecule is CC1(C)CCCC1C(=O)N(CC(=O)O)c1ccc(O)cc1. The summed E-state index contributed by atoms with van der Waals surface area (Å²) in [6.07, 6.45) is 2.75. The van der Waals surface area contributed by atoms with Gasteiger partial charge in [0.15, 0.2) is 0 Å². The summed E-state index contributed by atoms with van der Waals surface area (Å²) < 4.78 is 0. The molecule has 1 saturated carbocycles. The first kappa shape index (κ1) is 15.4. The second kappa shape index (κ2) is 5.76. The van der Waals surface area contributed by atoms with Gasteiger partial charge in [0.1, 0.15) is 12.3 Å². The maximum Gasteiger partial charge on any atom is 0.323 e. The molecule has 1 unspecified atom stereocenters. The van der Waals surface area contributed by atoms with E-state index in [1.807, 2.05) is 0 Å². The van der Waals surface area contributed by atoms with Crippen LogP contribution in [0.25, 0.3) is 0 Å². The van der Waals surface area contributed by atoms with Crippen LogP contribution in [-0.4, -0.2) is 28.6 Å². The van der Waals surface area contributed by atoms with Crippen molar-refractivity contribution >= 4 is 17.6 Å². The van der Waals surface area contributed by atoms with Gasteiger partial charge in [0, 0.05) is 11.6 Å². The van der Waals surface area contributed by atoms with Gasteiger partial charge in [0.25, 0.3) is 0 Å². The second-order valence-corrected chi connectivity index (χ2v) is 6.27. The summed E-state index contributed by atoms with van der Waals surface area (Å²) in [5.41, 5.74) is 0.396. The number of aromatic hydroxyl groups is 1. The Morgan fingerprint density at radius 1 is 1.29 bits per heavy atom. The third-order valence-electron chi connectivity index (χ3n) is 4.28. The number of anilines is 1. The smallest absolute Gasteiger partial charge is 0.323 e. The van der Waals surface area contributed by atoms with Crippen molar-refractivity contribution in [3.05, 3.63) is 24.3 Å². The average molecular weight is 291 g/mol. The van der Waals surface area contributed by atoms with E-state index in [0.29, 0.717) is 5.69 Å². The number of amides is 1. The van der Waals surface area contributed by atoms with Crippen LogP contribution in [0.3, 0.4) is 0 Å². The van der Waals surface area contributed by atoms with Gasteiger partial charge in [-0.05, 0) is 42.5 Å². The highest BCUT2D eigenvalue weighted by Crippen LogP contribution is 2.43. The van der Waals surface area contributed by atoms with Gasteiger partial charge in [-0.15, -0.1) is 0 Å². The van der Waals surface area contributed by atoms with Crippen molar-refractivity contribution in [2.24, 2.45) is 11.3 Å². The predicted molar refractivity (Wildman–Crippen MR) is 79.2 cm³/mol. The van der Waals surface area contributed by atoms with Gasteiger partial charge >= 0.3 is 5.97 Å². The number of benzene rings is 1. The molecule has 21 heavy (non-hydrogen) atoms. The van der Waals surface area contributed by atoms with Crippen LogP contribution in [0.4, 0.5) is 5.69 Å². The molecule has 1 aromatic carbocycles. The molecule has 0 aromatic heterocycles. The molecule has 0 heterocycles. The molecule has 0 bridgehead atoms. The zero-order chi connectivity index (χ0) is 15.6. The summed E-state index contributed by atoms with van der Waals surface area (Å²) >= 11 is 0. The van der Waals surface area contributed by atoms with E-state index in [4.69, 9.17) is 5.11 Å². The van der Waals surface area contributed by atoms with Crippen molar-refractivity contribution in [1.82, 2.24) is 0 Å². The van der Waals surface area contributed by atoms with Gasteiger partial charge in [-0.2, -0.15) is 0 Å². The number of carboxylic acids is 1. The van der Waals surface area contributed by atoms with Crippen LogP contribution in [0.15, 0.2) is 24.3 Å². The maximum atomic E-state index is 12.8. The quantitative estimate of drug-likeness (QED) is 0.894. The van der Waals surface area contributed by atoms with Crippen LogP contribution in [0.2, 0.25) is 0 Å². The highest BCUT2D eigenvalue weighted by Gasteiger charge is 2.41. The Hall–Kier alpha value is -2.04. The number of phenols is 1. The molecular weight excluding hydrogens is 270 g/mol. The molecule has 1 aromatic rings. The van der Waals surface area contributed by atoms with E-state index in [1.54, 1.807) is 12.1 Å². The molecule has 0 aliphatic heterocycles. The molecule has 2 rings (SSSR count). The van der Waals surface area contributed by atoms with Crippen LogP contribution >= 0.6 is 0 Å². The van der Waals surface area contributed by atoms with Crippen LogP contribution in [0, 0.1) is 11.3 Å². The predicted octanol–water partition coefficient (Wildman–Crippen LogP) is 2.64. The van der Waals surface area contributed by atoms with Crippen LogP contribution in [-0.2, 0) is 9.59 Å². The first-order valence-electron chi connectivity index (χ1n) is 7.13. The van der Waals surface area contributed by atoms with Crippen LogP contribution in [0.1, 0.15) is 33.1 Å². The number of nitrogens with zero attached hydrogens (tertiary/aromatic N) is 1. The minimum Gasteiger partial charge on any atom is -0.508 e. The molecule has 1 aliphatic carbocycles. The number of hydrogen-bond acceptors (Lipinski definition) is 3. The van der Waals surface area contributed by atoms with Crippen molar-refractivity contribution in [2.45, 2.75) is 33.1 Å². The molecule has 0 saturated heterocycles. The summed E-state index contributed by atoms with van der Waals surface area (Å²) in [5, 5.41) is 18.4. The van der Waals surface area contributed by atoms with Crippen molar-refractivity contribution in [1.29, 1.82) is 0 Å². The molecule has 2 N–H and O–H groups in total. The largest absolute Gasteiger partial charge is 0.508 e. The Labute approximate surface area is 124 Å². The molecule has 1 amide bonds. The maximum absolute atomic E-state index is 12.8. The first-order chi connectivity index (χ1) is 9.81. The van der Waals surface area contributed by atoms with Gasteiger partial charge in [0.2, 0.25) is 5.91 Å². The monoisotopic (exact) mass is 291 g/mol. The topological polar surface area (TPSA) is 77.8 Å². The highest BCUT2D eigenvalue weighted by atomic mass is 16.4. The number of rotatable bonds is 4. The fourth-order valence-corrected chi connectivity index (χ4v) is 3.04. The van der Waals surface area contributed by atoms with Crippen LogP contribution in [0.5, 0.6) is 5.75 Å². The van der Waals surface area contributed by atoms with Crippen molar-refractivity contribution in [3.8, 4) is 5.75 Å². The summed E-state index contributed by atoms with van der Waals surface area (Å²) in [4.78, 5) is 25.2. The van der Waals surface area contributed by atoms with Crippen molar-refractivity contribution in [3.63, 3.8) is 0 Å². The molecule has 0 radical (unpaired) electrons. The summed E-state index contributed by atoms with van der Waals surface area (Å²) in [6, 6.07) is 6.05. The first-order valence-corrected chi connectivity index (χ1v) is 7.13. The Bertz CT molecular complexity index is 536. The number of hydrogen-bond donors (Lipinski definition) is 2. The fourth-order valence-electron chi connectivity index (χ4n) is 3.04. The lowest BCUT2D eigenvalue weighted by atomic mass is 9.81. The third-order valence-corrected chi connectivity index (χ3v) is 4.28. The van der Waals surface area contributed by atoms with E-state index in [2.05, 4.69) is 13.8 Å². The zero-order valence-corrected chi connectivity index (χ0v) is 12.4. The molecule has 1 fully saturated rings. The fraction of sp³-hybridized carbons (Fsp3) is 0.500. The highest BCUT2D eigenvalue weighted by molar-refractivity contribution is 5.99. The number of carbonyl (C=O) groups excluding carboxylic acids is 1. The normalized spacial score (nSPS) is 20.2. The molecule has 5 nitrogen and oxygen atoms in total. The molecule has 0 spiro atoms. The standard InChI is InChI=1S/C16H21NO4/c1-16(2)9-3-4-13(16)15(21)17(10-14(19)20)11-5-7-12(18)8-6-11/h5-8,13,18H,3-4,9-10H2,1-2H3,(H,19,20). The van der Waals surface area contributed by atoms with Crippen molar-refractivity contribution < 1.29 is 19.8 Å². The molecule has 114 valence electrons. The van der Waals surface area contributed by atoms with E-state index < -0.39 is 5.97 Å². The average Bonchev–Trinajstić information content (AvgIpc) is 2.76. The van der Waals surface area contributed by atoms with Gasteiger partial charge in [-0.3, -0.25) is 9.59 Å². The molecule has 5 heteroatoms. The van der Waals surface area contributed by atoms with E-state index in [9.17, 15) is 14.7 Å². The van der Waals surface area contributed by atoms with Gasteiger partial charge in [0.05, 0.1) is 0 Å². The summed E-state index contributed by atoms with van der Waals surface area (Å²) in [5.74, 6) is -1.27.